The summed E-state index contributed by atoms with van der Waals surface area (Å²) in [7, 11) is 0. The minimum absolute atomic E-state index is 0.152. The summed E-state index contributed by atoms with van der Waals surface area (Å²) >= 11 is 0. The topological polar surface area (TPSA) is 81.2 Å². The highest BCUT2D eigenvalue weighted by Gasteiger charge is 2.29. The van der Waals surface area contributed by atoms with Gasteiger partial charge in [-0.2, -0.15) is 5.10 Å². The van der Waals surface area contributed by atoms with E-state index in [1.54, 1.807) is 11.0 Å². The van der Waals surface area contributed by atoms with Crippen LogP contribution in [0.5, 0.6) is 0 Å². The van der Waals surface area contributed by atoms with Gasteiger partial charge in [-0.3, -0.25) is 9.59 Å². The number of likely N-dealkylation sites (tertiary alicyclic amines) is 1. The van der Waals surface area contributed by atoms with Crippen molar-refractivity contribution in [2.45, 2.75) is 63.3 Å². The zero-order valence-electron chi connectivity index (χ0n) is 17.4. The number of amides is 2. The second-order valence-electron chi connectivity index (χ2n) is 8.36. The number of hydrogen-bond acceptors (Lipinski definition) is 3. The fourth-order valence-corrected chi connectivity index (χ4v) is 4.68. The Morgan fingerprint density at radius 2 is 1.73 bits per heavy atom. The van der Waals surface area contributed by atoms with E-state index in [0.717, 1.165) is 42.6 Å². The van der Waals surface area contributed by atoms with Crippen molar-refractivity contribution in [3.8, 4) is 5.69 Å². The molecule has 30 heavy (non-hydrogen) atoms. The van der Waals surface area contributed by atoms with Crippen LogP contribution in [-0.4, -0.2) is 39.1 Å². The molecule has 1 saturated carbocycles. The van der Waals surface area contributed by atoms with Crippen LogP contribution < -0.4 is 5.73 Å². The summed E-state index contributed by atoms with van der Waals surface area (Å²) < 4.78 is 1.90. The molecule has 4 rings (SSSR count). The number of aromatic nitrogens is 2. The highest BCUT2D eigenvalue weighted by atomic mass is 16.2. The molecule has 2 heterocycles. The molecule has 2 fully saturated rings. The zero-order valence-corrected chi connectivity index (χ0v) is 17.4. The summed E-state index contributed by atoms with van der Waals surface area (Å²) in [6.45, 7) is 0.579. The maximum atomic E-state index is 12.9. The van der Waals surface area contributed by atoms with E-state index in [2.05, 4.69) is 0 Å². The van der Waals surface area contributed by atoms with Crippen LogP contribution in [0, 0.1) is 0 Å². The third-order valence-electron chi connectivity index (χ3n) is 6.30. The van der Waals surface area contributed by atoms with Crippen molar-refractivity contribution in [3.05, 3.63) is 53.9 Å². The number of para-hydroxylation sites is 1. The highest BCUT2D eigenvalue weighted by molar-refractivity contribution is 5.95. The van der Waals surface area contributed by atoms with E-state index in [0.29, 0.717) is 18.9 Å². The average molecular weight is 407 g/mol. The summed E-state index contributed by atoms with van der Waals surface area (Å²) in [6, 6.07) is 9.54. The quantitative estimate of drug-likeness (QED) is 0.767. The van der Waals surface area contributed by atoms with Crippen molar-refractivity contribution < 1.29 is 9.59 Å². The number of carbonyl (C=O) groups excluding carboxylic acids is 2. The molecule has 0 radical (unpaired) electrons. The van der Waals surface area contributed by atoms with Gasteiger partial charge in [0.15, 0.2) is 0 Å². The van der Waals surface area contributed by atoms with Crippen LogP contribution >= 0.6 is 0 Å². The number of hydrogen-bond donors (Lipinski definition) is 1. The Balaban J connectivity index is 1.61. The summed E-state index contributed by atoms with van der Waals surface area (Å²) in [4.78, 5) is 26.2. The van der Waals surface area contributed by atoms with Crippen LogP contribution in [0.25, 0.3) is 11.8 Å². The lowest BCUT2D eigenvalue weighted by Gasteiger charge is -2.32. The lowest BCUT2D eigenvalue weighted by atomic mass is 9.85. The summed E-state index contributed by atoms with van der Waals surface area (Å²) in [5.41, 5.74) is 8.57. The van der Waals surface area contributed by atoms with E-state index in [1.807, 2.05) is 47.3 Å². The molecule has 158 valence electrons. The molecule has 2 N–H and O–H groups in total. The molecule has 2 amide bonds. The van der Waals surface area contributed by atoms with Crippen LogP contribution in [-0.2, 0) is 9.59 Å². The third kappa shape index (κ3) is 4.48. The number of piperidine rings is 1. The Kier molecular flexibility index (Phi) is 6.31. The van der Waals surface area contributed by atoms with Crippen LogP contribution in [0.1, 0.15) is 68.5 Å². The molecule has 0 spiro atoms. The molecule has 1 aromatic carbocycles. The Morgan fingerprint density at radius 3 is 2.47 bits per heavy atom. The average Bonchev–Trinajstić information content (AvgIpc) is 3.23. The molecule has 1 unspecified atom stereocenters. The monoisotopic (exact) mass is 406 g/mol. The maximum Gasteiger partial charge on any atom is 0.247 e. The smallest absolute Gasteiger partial charge is 0.247 e. The summed E-state index contributed by atoms with van der Waals surface area (Å²) in [6.07, 6.45) is 13.9. The minimum Gasteiger partial charge on any atom is -0.368 e. The van der Waals surface area contributed by atoms with Crippen LogP contribution in [0.2, 0.25) is 0 Å². The van der Waals surface area contributed by atoms with E-state index in [-0.39, 0.29) is 5.91 Å². The molecule has 1 atom stereocenters. The first-order chi connectivity index (χ1) is 14.6. The standard InChI is InChI=1S/C24H30N4O2/c25-24(30)21-13-7-8-16-27(21)22(29)15-14-19-17-28(20-11-5-2-6-12-20)26-23(19)18-9-3-1-4-10-18/h2,5-6,11-12,14-15,17-18,21H,1,3-4,7-10,13,16H2,(H2,25,30)/b15-14+. The molecule has 1 aliphatic heterocycles. The van der Waals surface area contributed by atoms with Gasteiger partial charge in [0.25, 0.3) is 0 Å². The predicted molar refractivity (Wildman–Crippen MR) is 117 cm³/mol. The van der Waals surface area contributed by atoms with E-state index in [9.17, 15) is 9.59 Å². The number of nitrogens with zero attached hydrogens (tertiary/aromatic N) is 3. The minimum atomic E-state index is -0.499. The second kappa shape index (κ2) is 9.28. The van der Waals surface area contributed by atoms with Crippen LogP contribution in [0.3, 0.4) is 0 Å². The molecule has 1 aromatic heterocycles. The fraction of sp³-hybridized carbons (Fsp3) is 0.458. The van der Waals surface area contributed by atoms with Gasteiger partial charge in [0.1, 0.15) is 6.04 Å². The molecular weight excluding hydrogens is 376 g/mol. The van der Waals surface area contributed by atoms with Crippen molar-refractivity contribution in [3.63, 3.8) is 0 Å². The summed E-state index contributed by atoms with van der Waals surface area (Å²) in [5, 5.41) is 4.90. The first-order valence-corrected chi connectivity index (χ1v) is 11.1. The van der Waals surface area contributed by atoms with Crippen molar-refractivity contribution in [1.82, 2.24) is 14.7 Å². The molecule has 6 heteroatoms. The molecule has 6 nitrogen and oxygen atoms in total. The van der Waals surface area contributed by atoms with Gasteiger partial charge in [0, 0.05) is 30.3 Å². The van der Waals surface area contributed by atoms with Crippen molar-refractivity contribution >= 4 is 17.9 Å². The van der Waals surface area contributed by atoms with E-state index in [1.165, 1.54) is 19.3 Å². The van der Waals surface area contributed by atoms with Crippen molar-refractivity contribution in [2.75, 3.05) is 6.54 Å². The van der Waals surface area contributed by atoms with Gasteiger partial charge >= 0.3 is 0 Å². The van der Waals surface area contributed by atoms with Crippen LogP contribution in [0.15, 0.2) is 42.6 Å². The van der Waals surface area contributed by atoms with Gasteiger partial charge in [0.05, 0.1) is 11.4 Å². The lowest BCUT2D eigenvalue weighted by Crippen LogP contribution is -2.49. The highest BCUT2D eigenvalue weighted by Crippen LogP contribution is 2.34. The molecular formula is C24H30N4O2. The Hall–Kier alpha value is -2.89. The van der Waals surface area contributed by atoms with Crippen molar-refractivity contribution in [1.29, 1.82) is 0 Å². The van der Waals surface area contributed by atoms with Gasteiger partial charge in [-0.15, -0.1) is 0 Å². The molecule has 1 saturated heterocycles. The van der Waals surface area contributed by atoms with E-state index in [4.69, 9.17) is 10.8 Å². The largest absolute Gasteiger partial charge is 0.368 e. The first kappa shape index (κ1) is 20.4. The zero-order chi connectivity index (χ0) is 20.9. The van der Waals surface area contributed by atoms with Crippen LogP contribution in [0.4, 0.5) is 0 Å². The predicted octanol–water partition coefficient (Wildman–Crippen LogP) is 3.80. The fourth-order valence-electron chi connectivity index (χ4n) is 4.68. The van der Waals surface area contributed by atoms with Gasteiger partial charge in [-0.25, -0.2) is 4.68 Å². The van der Waals surface area contributed by atoms with Gasteiger partial charge < -0.3 is 10.6 Å². The van der Waals surface area contributed by atoms with Gasteiger partial charge in [-0.1, -0.05) is 37.5 Å². The van der Waals surface area contributed by atoms with E-state index >= 15 is 0 Å². The normalized spacial score (nSPS) is 20.5. The lowest BCUT2D eigenvalue weighted by molar-refractivity contribution is -0.137. The first-order valence-electron chi connectivity index (χ1n) is 11.1. The second-order valence-corrected chi connectivity index (χ2v) is 8.36. The molecule has 2 aliphatic rings. The maximum absolute atomic E-state index is 12.9. The molecule has 1 aliphatic carbocycles. The number of primary amides is 1. The third-order valence-corrected chi connectivity index (χ3v) is 6.30. The SMILES string of the molecule is NC(=O)C1CCCCN1C(=O)/C=C/c1cn(-c2ccccc2)nc1C1CCCCC1. The van der Waals surface area contributed by atoms with E-state index < -0.39 is 11.9 Å². The summed E-state index contributed by atoms with van der Waals surface area (Å²) in [5.74, 6) is -0.149. The van der Waals surface area contributed by atoms with Crippen molar-refractivity contribution in [2.24, 2.45) is 5.73 Å². The number of carbonyl (C=O) groups is 2. The number of benzene rings is 1. The molecule has 0 bridgehead atoms. The number of nitrogens with two attached hydrogens (primary N) is 1. The molecule has 2 aromatic rings. The van der Waals surface area contributed by atoms with Gasteiger partial charge in [0.2, 0.25) is 11.8 Å². The van der Waals surface area contributed by atoms with Gasteiger partial charge in [-0.05, 0) is 50.3 Å². The Morgan fingerprint density at radius 1 is 1.00 bits per heavy atom. The Labute approximate surface area is 177 Å². The Bertz CT molecular complexity index is 913. The number of rotatable bonds is 5.